The topological polar surface area (TPSA) is 13.1 Å². The molecule has 0 fully saturated rings. The van der Waals surface area contributed by atoms with E-state index < -0.39 is 0 Å². The van der Waals surface area contributed by atoms with E-state index >= 15 is 0 Å². The second kappa shape index (κ2) is 4.10. The van der Waals surface area contributed by atoms with Crippen LogP contribution in [0.5, 0.6) is 0 Å². The lowest BCUT2D eigenvalue weighted by Gasteiger charge is -2.03. The van der Waals surface area contributed by atoms with Crippen molar-refractivity contribution < 1.29 is 4.42 Å². The summed E-state index contributed by atoms with van der Waals surface area (Å²) in [5, 5.41) is 1.15. The maximum Gasteiger partial charge on any atom is 0.134 e. The first-order valence-corrected chi connectivity index (χ1v) is 5.93. The van der Waals surface area contributed by atoms with Crippen LogP contribution in [0.4, 0.5) is 0 Å². The molecule has 0 spiro atoms. The van der Waals surface area contributed by atoms with Gasteiger partial charge in [0, 0.05) is 5.39 Å². The Morgan fingerprint density at radius 2 is 1.65 bits per heavy atom. The van der Waals surface area contributed by atoms with Gasteiger partial charge in [-0.3, -0.25) is 0 Å². The van der Waals surface area contributed by atoms with Crippen molar-refractivity contribution >= 4 is 11.0 Å². The SMILES string of the molecule is CCc1ccc(-c2ccc3ccoc3c2)cc1. The number of hydrogen-bond donors (Lipinski definition) is 0. The van der Waals surface area contributed by atoms with Crippen LogP contribution in [0, 0.1) is 0 Å². The minimum Gasteiger partial charge on any atom is -0.464 e. The van der Waals surface area contributed by atoms with Crippen LogP contribution in [-0.2, 0) is 6.42 Å². The number of aryl methyl sites for hydroxylation is 1. The van der Waals surface area contributed by atoms with Gasteiger partial charge in [0.25, 0.3) is 0 Å². The molecule has 0 saturated carbocycles. The highest BCUT2D eigenvalue weighted by Gasteiger charge is 2.01. The zero-order chi connectivity index (χ0) is 11.7. The van der Waals surface area contributed by atoms with Crippen LogP contribution < -0.4 is 0 Å². The van der Waals surface area contributed by atoms with E-state index in [-0.39, 0.29) is 0 Å². The average Bonchev–Trinajstić information content (AvgIpc) is 2.86. The molecule has 0 bridgehead atoms. The summed E-state index contributed by atoms with van der Waals surface area (Å²) >= 11 is 0. The Morgan fingerprint density at radius 1 is 0.882 bits per heavy atom. The van der Waals surface area contributed by atoms with Crippen LogP contribution in [0.1, 0.15) is 12.5 Å². The zero-order valence-corrected chi connectivity index (χ0v) is 9.81. The van der Waals surface area contributed by atoms with E-state index in [1.165, 1.54) is 16.7 Å². The summed E-state index contributed by atoms with van der Waals surface area (Å²) in [6, 6.07) is 17.0. The molecule has 0 atom stereocenters. The van der Waals surface area contributed by atoms with E-state index in [1.807, 2.05) is 6.07 Å². The number of fused-ring (bicyclic) bond motifs is 1. The van der Waals surface area contributed by atoms with E-state index in [4.69, 9.17) is 4.42 Å². The Morgan fingerprint density at radius 3 is 2.41 bits per heavy atom. The Bertz CT molecular complexity index is 632. The van der Waals surface area contributed by atoms with Crippen molar-refractivity contribution in [1.29, 1.82) is 0 Å². The number of benzene rings is 2. The molecule has 0 unspecified atom stereocenters. The first-order valence-electron chi connectivity index (χ1n) is 5.93. The lowest BCUT2D eigenvalue weighted by Crippen LogP contribution is -1.81. The molecule has 1 nitrogen and oxygen atoms in total. The third-order valence-corrected chi connectivity index (χ3v) is 3.15. The standard InChI is InChI=1S/C16H14O/c1-2-12-3-5-13(6-4-12)15-8-7-14-9-10-17-16(14)11-15/h3-11H,2H2,1H3. The first kappa shape index (κ1) is 10.2. The van der Waals surface area contributed by atoms with Crippen LogP contribution in [0.25, 0.3) is 22.1 Å². The Kier molecular flexibility index (Phi) is 2.45. The van der Waals surface area contributed by atoms with Gasteiger partial charge in [0.1, 0.15) is 5.58 Å². The van der Waals surface area contributed by atoms with Gasteiger partial charge in [-0.05, 0) is 35.2 Å². The third kappa shape index (κ3) is 1.84. The molecule has 0 radical (unpaired) electrons. The second-order valence-electron chi connectivity index (χ2n) is 4.22. The molecule has 0 saturated heterocycles. The summed E-state index contributed by atoms with van der Waals surface area (Å²) in [7, 11) is 0. The van der Waals surface area contributed by atoms with Crippen molar-refractivity contribution in [3.63, 3.8) is 0 Å². The van der Waals surface area contributed by atoms with E-state index in [9.17, 15) is 0 Å². The molecule has 1 heterocycles. The molecule has 0 aliphatic carbocycles. The molecule has 1 heteroatoms. The van der Waals surface area contributed by atoms with Crippen molar-refractivity contribution in [3.05, 3.63) is 60.4 Å². The summed E-state index contributed by atoms with van der Waals surface area (Å²) < 4.78 is 5.42. The first-order chi connectivity index (χ1) is 8.36. The minimum atomic E-state index is 0.946. The number of furan rings is 1. The van der Waals surface area contributed by atoms with Crippen molar-refractivity contribution in [1.82, 2.24) is 0 Å². The summed E-state index contributed by atoms with van der Waals surface area (Å²) in [6.45, 7) is 2.17. The summed E-state index contributed by atoms with van der Waals surface area (Å²) in [5.41, 5.74) is 4.76. The molecule has 0 amide bonds. The lowest BCUT2D eigenvalue weighted by atomic mass is 10.0. The Hall–Kier alpha value is -2.02. The molecule has 0 aliphatic heterocycles. The predicted molar refractivity (Wildman–Crippen MR) is 71.0 cm³/mol. The van der Waals surface area contributed by atoms with Gasteiger partial charge in [-0.2, -0.15) is 0 Å². The van der Waals surface area contributed by atoms with Crippen LogP contribution in [0.3, 0.4) is 0 Å². The highest BCUT2D eigenvalue weighted by atomic mass is 16.3. The minimum absolute atomic E-state index is 0.946. The van der Waals surface area contributed by atoms with E-state index in [2.05, 4.69) is 49.4 Å². The van der Waals surface area contributed by atoms with Gasteiger partial charge in [-0.25, -0.2) is 0 Å². The quantitative estimate of drug-likeness (QED) is 0.614. The van der Waals surface area contributed by atoms with Crippen molar-refractivity contribution in [3.8, 4) is 11.1 Å². The lowest BCUT2D eigenvalue weighted by molar-refractivity contribution is 0.616. The fourth-order valence-corrected chi connectivity index (χ4v) is 2.07. The zero-order valence-electron chi connectivity index (χ0n) is 9.81. The van der Waals surface area contributed by atoms with Crippen molar-refractivity contribution in [2.45, 2.75) is 13.3 Å². The molecule has 0 aliphatic rings. The van der Waals surface area contributed by atoms with Crippen LogP contribution >= 0.6 is 0 Å². The van der Waals surface area contributed by atoms with Gasteiger partial charge in [-0.1, -0.05) is 43.3 Å². The van der Waals surface area contributed by atoms with Crippen LogP contribution in [-0.4, -0.2) is 0 Å². The predicted octanol–water partition coefficient (Wildman–Crippen LogP) is 4.66. The molecular formula is C16H14O. The Balaban J connectivity index is 2.06. The summed E-state index contributed by atoms with van der Waals surface area (Å²) in [6.07, 6.45) is 2.81. The molecule has 2 aromatic carbocycles. The average molecular weight is 222 g/mol. The van der Waals surface area contributed by atoms with Crippen LogP contribution in [0.15, 0.2) is 59.2 Å². The highest BCUT2D eigenvalue weighted by Crippen LogP contribution is 2.25. The largest absolute Gasteiger partial charge is 0.464 e. The molecule has 1 aromatic heterocycles. The molecule has 3 rings (SSSR count). The maximum atomic E-state index is 5.42. The fraction of sp³-hybridized carbons (Fsp3) is 0.125. The van der Waals surface area contributed by atoms with Crippen LogP contribution in [0.2, 0.25) is 0 Å². The Labute approximate surface area is 101 Å². The molecule has 17 heavy (non-hydrogen) atoms. The number of rotatable bonds is 2. The normalized spacial score (nSPS) is 10.9. The van der Waals surface area contributed by atoms with E-state index in [0.29, 0.717) is 0 Å². The van der Waals surface area contributed by atoms with Gasteiger partial charge in [0.15, 0.2) is 0 Å². The third-order valence-electron chi connectivity index (χ3n) is 3.15. The molecule has 3 aromatic rings. The van der Waals surface area contributed by atoms with Gasteiger partial charge < -0.3 is 4.42 Å². The molecular weight excluding hydrogens is 208 g/mol. The second-order valence-corrected chi connectivity index (χ2v) is 4.22. The summed E-state index contributed by atoms with van der Waals surface area (Å²) in [5.74, 6) is 0. The molecule has 84 valence electrons. The summed E-state index contributed by atoms with van der Waals surface area (Å²) in [4.78, 5) is 0. The van der Waals surface area contributed by atoms with Gasteiger partial charge in [0.2, 0.25) is 0 Å². The monoisotopic (exact) mass is 222 g/mol. The number of hydrogen-bond acceptors (Lipinski definition) is 1. The van der Waals surface area contributed by atoms with Crippen molar-refractivity contribution in [2.75, 3.05) is 0 Å². The van der Waals surface area contributed by atoms with Gasteiger partial charge >= 0.3 is 0 Å². The highest BCUT2D eigenvalue weighted by molar-refractivity contribution is 5.83. The van der Waals surface area contributed by atoms with E-state index in [1.54, 1.807) is 6.26 Å². The fourth-order valence-electron chi connectivity index (χ4n) is 2.07. The van der Waals surface area contributed by atoms with E-state index in [0.717, 1.165) is 17.4 Å². The molecule has 0 N–H and O–H groups in total. The van der Waals surface area contributed by atoms with Gasteiger partial charge in [-0.15, -0.1) is 0 Å². The maximum absolute atomic E-state index is 5.42. The smallest absolute Gasteiger partial charge is 0.134 e. The van der Waals surface area contributed by atoms with Crippen molar-refractivity contribution in [2.24, 2.45) is 0 Å². The van der Waals surface area contributed by atoms with Gasteiger partial charge in [0.05, 0.1) is 6.26 Å².